The van der Waals surface area contributed by atoms with Crippen molar-refractivity contribution >= 4 is 8.32 Å². The van der Waals surface area contributed by atoms with Crippen molar-refractivity contribution < 1.29 is 14.3 Å². The van der Waals surface area contributed by atoms with Crippen molar-refractivity contribution in [1.82, 2.24) is 9.55 Å². The molecule has 0 aromatic carbocycles. The Bertz CT molecular complexity index is 863. The summed E-state index contributed by atoms with van der Waals surface area (Å²) >= 11 is 0. The molecule has 8 nitrogen and oxygen atoms in total. The van der Waals surface area contributed by atoms with Crippen molar-refractivity contribution in [2.45, 2.75) is 70.8 Å². The van der Waals surface area contributed by atoms with Crippen LogP contribution < -0.4 is 11.2 Å². The lowest BCUT2D eigenvalue weighted by molar-refractivity contribution is -0.0976. The van der Waals surface area contributed by atoms with Crippen LogP contribution in [0.25, 0.3) is 4.85 Å². The number of aromatic nitrogens is 2. The number of H-pyrrole nitrogens is 1. The molecule has 0 amide bonds. The molecule has 0 radical (unpaired) electrons. The standard InChI is InChI=1S/C18H29N3O5Si/c1-11-9-21(16(24)20-14(11)23)15-12(2)13(18(10-22,19-6)25-15)26-27(7,8)17(3,4)5/h9,12-13,15,22H,10H2,1-5,7-8H3,(H,20,23,24). The third kappa shape index (κ3) is 3.67. The van der Waals surface area contributed by atoms with E-state index in [4.69, 9.17) is 15.7 Å². The summed E-state index contributed by atoms with van der Waals surface area (Å²) in [7, 11) is -2.28. The van der Waals surface area contributed by atoms with E-state index in [1.165, 1.54) is 10.8 Å². The number of nitrogens with zero attached hydrogens (tertiary/aromatic N) is 2. The molecular weight excluding hydrogens is 366 g/mol. The van der Waals surface area contributed by atoms with Gasteiger partial charge in [-0.3, -0.25) is 23.9 Å². The van der Waals surface area contributed by atoms with E-state index in [1.54, 1.807) is 6.92 Å². The number of hydrogen-bond acceptors (Lipinski definition) is 5. The van der Waals surface area contributed by atoms with Crippen molar-refractivity contribution in [1.29, 1.82) is 0 Å². The van der Waals surface area contributed by atoms with Crippen molar-refractivity contribution in [3.05, 3.63) is 44.0 Å². The summed E-state index contributed by atoms with van der Waals surface area (Å²) in [6.45, 7) is 20.9. The maximum absolute atomic E-state index is 12.3. The third-order valence-corrected chi connectivity index (χ3v) is 10.2. The fraction of sp³-hybridized carbons (Fsp3) is 0.722. The summed E-state index contributed by atoms with van der Waals surface area (Å²) in [5.74, 6) is -0.386. The van der Waals surface area contributed by atoms with Crippen LogP contribution in [0, 0.1) is 19.4 Å². The molecule has 0 aliphatic carbocycles. The Labute approximate surface area is 160 Å². The molecule has 1 aliphatic rings. The summed E-state index contributed by atoms with van der Waals surface area (Å²) in [5, 5.41) is 9.89. The summed E-state index contributed by atoms with van der Waals surface area (Å²) < 4.78 is 13.7. The topological polar surface area (TPSA) is 97.9 Å². The zero-order valence-electron chi connectivity index (χ0n) is 17.0. The molecule has 9 heteroatoms. The minimum Gasteiger partial charge on any atom is -0.403 e. The number of ether oxygens (including phenoxy) is 1. The lowest BCUT2D eigenvalue weighted by Gasteiger charge is -2.40. The van der Waals surface area contributed by atoms with E-state index < -0.39 is 44.2 Å². The molecule has 1 fully saturated rings. The Morgan fingerprint density at radius 2 is 2.04 bits per heavy atom. The molecular formula is C18H29N3O5Si. The number of nitrogens with one attached hydrogen (secondary N) is 1. The Kier molecular flexibility index (Phi) is 5.61. The van der Waals surface area contributed by atoms with Gasteiger partial charge >= 0.3 is 11.4 Å². The van der Waals surface area contributed by atoms with Crippen LogP contribution in [0.4, 0.5) is 0 Å². The highest BCUT2D eigenvalue weighted by Gasteiger charge is 2.63. The summed E-state index contributed by atoms with van der Waals surface area (Å²) in [6, 6.07) is 0. The predicted molar refractivity (Wildman–Crippen MR) is 104 cm³/mol. The number of rotatable bonds is 4. The number of aromatic amines is 1. The van der Waals surface area contributed by atoms with Gasteiger partial charge in [-0.05, 0) is 25.1 Å². The number of aryl methyl sites for hydroxylation is 1. The molecule has 2 heterocycles. The molecule has 0 saturated carbocycles. The van der Waals surface area contributed by atoms with Gasteiger partial charge in [-0.15, -0.1) is 0 Å². The van der Waals surface area contributed by atoms with Gasteiger partial charge in [0.05, 0.1) is 0 Å². The lowest BCUT2D eigenvalue weighted by Crippen LogP contribution is -2.52. The zero-order valence-corrected chi connectivity index (χ0v) is 18.0. The van der Waals surface area contributed by atoms with Crippen molar-refractivity contribution in [2.75, 3.05) is 6.61 Å². The normalized spacial score (nSPS) is 28.9. The van der Waals surface area contributed by atoms with E-state index in [2.05, 4.69) is 43.7 Å². The van der Waals surface area contributed by atoms with Crippen LogP contribution in [0.15, 0.2) is 15.8 Å². The van der Waals surface area contributed by atoms with E-state index in [-0.39, 0.29) is 11.0 Å². The van der Waals surface area contributed by atoms with E-state index in [9.17, 15) is 14.7 Å². The predicted octanol–water partition coefficient (Wildman–Crippen LogP) is 2.01. The average molecular weight is 396 g/mol. The highest BCUT2D eigenvalue weighted by molar-refractivity contribution is 6.74. The SMILES string of the molecule is [C-]#[N+]C1(CO)OC(n2cc(C)c(=O)[nH]c2=O)C(C)C1O[Si](C)(C)C(C)(C)C. The first-order chi connectivity index (χ1) is 12.3. The summed E-state index contributed by atoms with van der Waals surface area (Å²) in [4.78, 5) is 29.8. The zero-order chi connectivity index (χ0) is 20.8. The van der Waals surface area contributed by atoms with Crippen LogP contribution in [0.3, 0.4) is 0 Å². The second-order valence-corrected chi connectivity index (χ2v) is 13.5. The van der Waals surface area contributed by atoms with Gasteiger partial charge in [0, 0.05) is 17.7 Å². The van der Waals surface area contributed by atoms with E-state index in [0.29, 0.717) is 5.56 Å². The Balaban J connectivity index is 2.53. The van der Waals surface area contributed by atoms with Crippen LogP contribution in [0.2, 0.25) is 18.1 Å². The van der Waals surface area contributed by atoms with Gasteiger partial charge in [0.2, 0.25) is 0 Å². The molecule has 4 atom stereocenters. The van der Waals surface area contributed by atoms with Crippen LogP contribution in [-0.4, -0.2) is 41.4 Å². The second kappa shape index (κ2) is 7.02. The van der Waals surface area contributed by atoms with Gasteiger partial charge < -0.3 is 9.53 Å². The van der Waals surface area contributed by atoms with Crippen LogP contribution >= 0.6 is 0 Å². The smallest absolute Gasteiger partial charge is 0.387 e. The van der Waals surface area contributed by atoms with Crippen molar-refractivity contribution in [3.8, 4) is 0 Å². The van der Waals surface area contributed by atoms with Crippen molar-refractivity contribution in [2.24, 2.45) is 5.92 Å². The molecule has 0 spiro atoms. The molecule has 4 unspecified atom stereocenters. The van der Waals surface area contributed by atoms with Gasteiger partial charge in [0.25, 0.3) is 5.56 Å². The minimum atomic E-state index is -2.28. The fourth-order valence-corrected chi connectivity index (χ4v) is 4.36. The maximum Gasteiger partial charge on any atom is 0.387 e. The van der Waals surface area contributed by atoms with Gasteiger partial charge in [0.1, 0.15) is 0 Å². The lowest BCUT2D eigenvalue weighted by atomic mass is 9.98. The Morgan fingerprint density at radius 3 is 2.52 bits per heavy atom. The second-order valence-electron chi connectivity index (χ2n) is 8.76. The number of aliphatic hydroxyl groups is 1. The quantitative estimate of drug-likeness (QED) is 0.600. The van der Waals surface area contributed by atoms with Gasteiger partial charge in [0.15, 0.2) is 27.3 Å². The monoisotopic (exact) mass is 395 g/mol. The highest BCUT2D eigenvalue weighted by atomic mass is 28.4. The third-order valence-electron chi connectivity index (χ3n) is 5.76. The summed E-state index contributed by atoms with van der Waals surface area (Å²) in [6.07, 6.45) is -0.113. The molecule has 1 aromatic rings. The molecule has 150 valence electrons. The minimum absolute atomic E-state index is 0.0978. The summed E-state index contributed by atoms with van der Waals surface area (Å²) in [5.41, 5.74) is -2.32. The molecule has 1 saturated heterocycles. The van der Waals surface area contributed by atoms with Crippen molar-refractivity contribution in [3.63, 3.8) is 0 Å². The number of aliphatic hydroxyl groups excluding tert-OH is 1. The van der Waals surface area contributed by atoms with E-state index in [1.807, 2.05) is 6.92 Å². The highest BCUT2D eigenvalue weighted by Crippen LogP contribution is 2.47. The van der Waals surface area contributed by atoms with Crippen LogP contribution in [-0.2, 0) is 9.16 Å². The first-order valence-corrected chi connectivity index (χ1v) is 11.9. The first-order valence-electron chi connectivity index (χ1n) is 8.97. The Morgan fingerprint density at radius 1 is 1.44 bits per heavy atom. The van der Waals surface area contributed by atoms with Crippen LogP contribution in [0.5, 0.6) is 0 Å². The molecule has 1 aliphatic heterocycles. The largest absolute Gasteiger partial charge is 0.403 e. The van der Waals surface area contributed by atoms with Crippen LogP contribution in [0.1, 0.15) is 39.5 Å². The molecule has 2 rings (SSSR count). The maximum atomic E-state index is 12.3. The first kappa shape index (κ1) is 21.6. The number of hydrogen-bond donors (Lipinski definition) is 2. The Hall–Kier alpha value is -1.73. The van der Waals surface area contributed by atoms with Gasteiger partial charge in [-0.1, -0.05) is 27.7 Å². The molecule has 2 N–H and O–H groups in total. The fourth-order valence-electron chi connectivity index (χ4n) is 2.98. The molecule has 1 aromatic heterocycles. The van der Waals surface area contributed by atoms with Gasteiger partial charge in [-0.25, -0.2) is 11.4 Å². The molecule has 27 heavy (non-hydrogen) atoms. The molecule has 0 bridgehead atoms. The van der Waals surface area contributed by atoms with E-state index >= 15 is 0 Å². The van der Waals surface area contributed by atoms with E-state index in [0.717, 1.165) is 0 Å². The average Bonchev–Trinajstić information content (AvgIpc) is 2.83. The van der Waals surface area contributed by atoms with Gasteiger partial charge in [-0.2, -0.15) is 0 Å².